The molecule has 0 atom stereocenters. The number of aromatic hydroxyl groups is 1. The first-order valence-corrected chi connectivity index (χ1v) is 13.5. The van der Waals surface area contributed by atoms with Crippen molar-refractivity contribution >= 4 is 37.6 Å². The third kappa shape index (κ3) is 5.62. The van der Waals surface area contributed by atoms with Crippen molar-refractivity contribution in [1.82, 2.24) is 0 Å². The van der Waals surface area contributed by atoms with Crippen LogP contribution in [0.1, 0.15) is 5.56 Å². The maximum absolute atomic E-state index is 10.5. The summed E-state index contributed by atoms with van der Waals surface area (Å²) in [4.78, 5) is 1.69. The molecule has 0 saturated heterocycles. The first-order chi connectivity index (χ1) is 18.1. The molecule has 0 aliphatic carbocycles. The molecule has 2 N–H and O–H groups in total. The van der Waals surface area contributed by atoms with Crippen LogP contribution >= 0.6 is 0 Å². The summed E-state index contributed by atoms with van der Waals surface area (Å²) in [6.45, 7) is 2.28. The number of pyridine rings is 1. The summed E-state index contributed by atoms with van der Waals surface area (Å²) in [6.07, 6.45) is 0. The number of fused-ring (bicyclic) bond motifs is 2. The predicted octanol–water partition coefficient (Wildman–Crippen LogP) is 4.52. The van der Waals surface area contributed by atoms with Crippen LogP contribution in [0.5, 0.6) is 5.75 Å². The van der Waals surface area contributed by atoms with E-state index in [4.69, 9.17) is 10.2 Å². The second kappa shape index (κ2) is 11.2. The molecular weight excluding hydrogens is 500 g/mol. The third-order valence-electron chi connectivity index (χ3n) is 6.54. The smallest absolute Gasteiger partial charge is 0.213 e. The number of likely N-dealkylation sites (N-methyl/N-ethyl adjacent to an activating group) is 1. The quantitative estimate of drug-likeness (QED) is 0.197. The number of hydrogen-bond acceptors (Lipinski definition) is 6. The number of aryl methyl sites for hydroxylation is 2. The Hall–Kier alpha value is -3.98. The van der Waals surface area contributed by atoms with E-state index in [1.807, 2.05) is 7.05 Å². The zero-order chi connectivity index (χ0) is 27.4. The fraction of sp³-hybridized carbons (Fsp3) is 0.167. The number of aliphatic hydroxyl groups excluding tert-OH is 1. The van der Waals surface area contributed by atoms with E-state index in [1.54, 1.807) is 0 Å². The maximum atomic E-state index is 10.5. The van der Waals surface area contributed by atoms with Crippen LogP contribution in [0.2, 0.25) is 0 Å². The highest BCUT2D eigenvalue weighted by Gasteiger charge is 2.18. The zero-order valence-electron chi connectivity index (χ0n) is 21.5. The Bertz CT molecular complexity index is 1640. The van der Waals surface area contributed by atoms with E-state index in [9.17, 15) is 13.0 Å². The fourth-order valence-corrected chi connectivity index (χ4v) is 5.29. The van der Waals surface area contributed by atoms with Crippen LogP contribution in [0.15, 0.2) is 95.9 Å². The van der Waals surface area contributed by atoms with Crippen molar-refractivity contribution in [3.8, 4) is 16.9 Å². The second-order valence-electron chi connectivity index (χ2n) is 9.06. The van der Waals surface area contributed by atoms with E-state index in [0.29, 0.717) is 12.1 Å². The number of hydrogen-bond donors (Lipinski definition) is 2. The molecule has 0 unspecified atom stereocenters. The number of anilines is 1. The zero-order valence-corrected chi connectivity index (χ0v) is 22.3. The lowest BCUT2D eigenvalue weighted by atomic mass is 9.95. The molecule has 0 amide bonds. The molecule has 0 aliphatic heterocycles. The minimum Gasteiger partial charge on any atom is -0.744 e. The minimum atomic E-state index is -4.47. The molecule has 196 valence electrons. The predicted molar refractivity (Wildman–Crippen MR) is 149 cm³/mol. The highest BCUT2D eigenvalue weighted by molar-refractivity contribution is 7.85. The van der Waals surface area contributed by atoms with E-state index in [0.717, 1.165) is 11.8 Å². The molecule has 0 radical (unpaired) electrons. The molecule has 5 rings (SSSR count). The number of para-hydroxylation sites is 2. The van der Waals surface area contributed by atoms with Crippen molar-refractivity contribution in [1.29, 1.82) is 0 Å². The maximum Gasteiger partial charge on any atom is 0.213 e. The van der Waals surface area contributed by atoms with E-state index in [2.05, 4.69) is 89.3 Å². The summed E-state index contributed by atoms with van der Waals surface area (Å²) >= 11 is 0. The van der Waals surface area contributed by atoms with Crippen molar-refractivity contribution in [3.05, 3.63) is 96.6 Å². The molecule has 5 aromatic rings. The lowest BCUT2D eigenvalue weighted by Gasteiger charge is -2.18. The number of phenols is 1. The summed E-state index contributed by atoms with van der Waals surface area (Å²) in [5.41, 5.74) is 6.37. The van der Waals surface area contributed by atoms with Gasteiger partial charge in [-0.05, 0) is 54.4 Å². The Balaban J connectivity index is 0.000000236. The van der Waals surface area contributed by atoms with E-state index in [1.165, 1.54) is 52.0 Å². The first-order valence-electron chi connectivity index (χ1n) is 12.1. The number of nitrogens with zero attached hydrogens (tertiary/aromatic N) is 2. The van der Waals surface area contributed by atoms with Gasteiger partial charge in [-0.15, -0.1) is 0 Å². The molecule has 0 saturated carbocycles. The molecule has 0 aliphatic rings. The van der Waals surface area contributed by atoms with Gasteiger partial charge in [-0.2, -0.15) is 4.57 Å². The largest absolute Gasteiger partial charge is 0.744 e. The topological polar surface area (TPSA) is 105 Å². The third-order valence-corrected chi connectivity index (χ3v) is 7.52. The summed E-state index contributed by atoms with van der Waals surface area (Å²) in [7, 11) is -0.341. The molecule has 38 heavy (non-hydrogen) atoms. The number of rotatable bonds is 5. The fourth-order valence-electron chi connectivity index (χ4n) is 4.56. The van der Waals surface area contributed by atoms with Gasteiger partial charge >= 0.3 is 0 Å². The number of benzene rings is 4. The molecule has 0 fully saturated rings. The van der Waals surface area contributed by atoms with Crippen LogP contribution in [0.3, 0.4) is 0 Å². The number of aliphatic hydroxyl groups is 1. The van der Waals surface area contributed by atoms with Crippen molar-refractivity contribution in [2.45, 2.75) is 11.8 Å². The van der Waals surface area contributed by atoms with Crippen molar-refractivity contribution in [3.63, 3.8) is 0 Å². The van der Waals surface area contributed by atoms with E-state index >= 15 is 0 Å². The standard InChI is InChI=1S/C23H23N2O.C7H8O4S/c1-24(15-16-26)18-13-11-17(12-14-18)23-19-7-3-5-9-21(19)25(2)22-10-6-4-8-20(22)23;1-5-2-3-6(8)4-7(5)12(9,10)11/h3-14,26H,15-16H2,1-2H3;2-4,8H,1H3,(H,9,10,11)/q+1;/p-1. The average Bonchev–Trinajstić information content (AvgIpc) is 2.90. The van der Waals surface area contributed by atoms with Crippen molar-refractivity contribution < 1.29 is 27.8 Å². The highest BCUT2D eigenvalue weighted by atomic mass is 32.2. The Morgan fingerprint density at radius 2 is 1.42 bits per heavy atom. The molecule has 0 bridgehead atoms. The number of phenolic OH excluding ortho intramolecular Hbond substituents is 1. The first kappa shape index (κ1) is 27.1. The van der Waals surface area contributed by atoms with Crippen LogP contribution in [0.4, 0.5) is 5.69 Å². The van der Waals surface area contributed by atoms with Crippen LogP contribution in [0.25, 0.3) is 32.9 Å². The molecule has 7 nitrogen and oxygen atoms in total. The highest BCUT2D eigenvalue weighted by Crippen LogP contribution is 2.34. The van der Waals surface area contributed by atoms with Gasteiger partial charge in [0.2, 0.25) is 11.0 Å². The van der Waals surface area contributed by atoms with Gasteiger partial charge in [-0.1, -0.05) is 42.5 Å². The van der Waals surface area contributed by atoms with Crippen LogP contribution < -0.4 is 9.47 Å². The molecule has 1 heterocycles. The SMILES string of the molecule is CN(CCO)c1ccc(-c2c3ccccc3[n+](C)c3ccccc23)cc1.Cc1ccc(O)cc1S(=O)(=O)[O-]. The van der Waals surface area contributed by atoms with Crippen molar-refractivity contribution in [2.75, 3.05) is 25.1 Å². The van der Waals surface area contributed by atoms with Crippen LogP contribution in [-0.2, 0) is 17.2 Å². The summed E-state index contributed by atoms with van der Waals surface area (Å²) < 4.78 is 33.9. The Labute approximate surface area is 222 Å². The lowest BCUT2D eigenvalue weighted by molar-refractivity contribution is -0.617. The molecule has 0 spiro atoms. The molecular formula is C30H30N2O5S. The second-order valence-corrected chi connectivity index (χ2v) is 10.4. The van der Waals surface area contributed by atoms with Gasteiger partial charge in [0.15, 0.2) is 0 Å². The lowest BCUT2D eigenvalue weighted by Crippen LogP contribution is -2.30. The normalized spacial score (nSPS) is 11.3. The van der Waals surface area contributed by atoms with Gasteiger partial charge < -0.3 is 19.7 Å². The average molecular weight is 531 g/mol. The van der Waals surface area contributed by atoms with Crippen LogP contribution in [0, 0.1) is 6.92 Å². The summed E-state index contributed by atoms with van der Waals surface area (Å²) in [6, 6.07) is 29.4. The minimum absolute atomic E-state index is 0.155. The monoisotopic (exact) mass is 530 g/mol. The molecule has 8 heteroatoms. The van der Waals surface area contributed by atoms with Gasteiger partial charge in [0.05, 0.1) is 22.3 Å². The van der Waals surface area contributed by atoms with Gasteiger partial charge in [-0.25, -0.2) is 8.42 Å². The van der Waals surface area contributed by atoms with Gasteiger partial charge in [0, 0.05) is 37.0 Å². The van der Waals surface area contributed by atoms with Crippen molar-refractivity contribution in [2.24, 2.45) is 7.05 Å². The van der Waals surface area contributed by atoms with Gasteiger partial charge in [-0.3, -0.25) is 0 Å². The van der Waals surface area contributed by atoms with Gasteiger partial charge in [0.1, 0.15) is 22.9 Å². The van der Waals surface area contributed by atoms with E-state index in [-0.39, 0.29) is 17.3 Å². The summed E-state index contributed by atoms with van der Waals surface area (Å²) in [5.74, 6) is -0.227. The van der Waals surface area contributed by atoms with Crippen LogP contribution in [-0.4, -0.2) is 43.4 Å². The molecule has 4 aromatic carbocycles. The van der Waals surface area contributed by atoms with E-state index < -0.39 is 10.1 Å². The molecule has 1 aromatic heterocycles. The van der Waals surface area contributed by atoms with Gasteiger partial charge in [0.25, 0.3) is 0 Å². The summed E-state index contributed by atoms with van der Waals surface area (Å²) in [5, 5.41) is 20.6. The Morgan fingerprint density at radius 3 is 1.92 bits per heavy atom. The Morgan fingerprint density at radius 1 is 0.868 bits per heavy atom. The Kier molecular flexibility index (Phi) is 7.97. The number of aromatic nitrogens is 1.